The lowest BCUT2D eigenvalue weighted by molar-refractivity contribution is -0.141. The van der Waals surface area contributed by atoms with Crippen molar-refractivity contribution in [1.82, 2.24) is 0 Å². The van der Waals surface area contributed by atoms with Crippen LogP contribution in [-0.2, 0) is 14.3 Å². The van der Waals surface area contributed by atoms with Crippen molar-refractivity contribution >= 4 is 11.8 Å². The highest BCUT2D eigenvalue weighted by Crippen LogP contribution is 2.25. The third-order valence-corrected chi connectivity index (χ3v) is 2.69. The molecule has 0 amide bonds. The second-order valence-electron chi connectivity index (χ2n) is 4.06. The van der Waals surface area contributed by atoms with Gasteiger partial charge in [-0.2, -0.15) is 0 Å². The quantitative estimate of drug-likeness (QED) is 0.428. The first-order valence-electron chi connectivity index (χ1n) is 5.73. The van der Waals surface area contributed by atoms with E-state index in [1.54, 1.807) is 0 Å². The fraction of sp³-hybridized carbons (Fsp3) is 0.667. The highest BCUT2D eigenvalue weighted by molar-refractivity contribution is 6.18. The first kappa shape index (κ1) is 12.7. The van der Waals surface area contributed by atoms with Crippen LogP contribution in [0, 0.1) is 0 Å². The fourth-order valence-electron chi connectivity index (χ4n) is 1.79. The fourth-order valence-corrected chi connectivity index (χ4v) is 1.79. The van der Waals surface area contributed by atoms with Gasteiger partial charge >= 0.3 is 5.97 Å². The van der Waals surface area contributed by atoms with E-state index in [1.165, 1.54) is 6.92 Å². The molecule has 1 atom stereocenters. The summed E-state index contributed by atoms with van der Waals surface area (Å²) in [4.78, 5) is 22.3. The molecule has 0 bridgehead atoms. The van der Waals surface area contributed by atoms with Gasteiger partial charge in [-0.25, -0.2) is 4.79 Å². The third kappa shape index (κ3) is 2.84. The molecule has 0 spiro atoms. The van der Waals surface area contributed by atoms with Crippen LogP contribution in [0.1, 0.15) is 46.0 Å². The van der Waals surface area contributed by atoms with Crippen LogP contribution in [0.25, 0.3) is 0 Å². The van der Waals surface area contributed by atoms with Crippen LogP contribution in [-0.4, -0.2) is 23.0 Å². The first-order chi connectivity index (χ1) is 7.57. The van der Waals surface area contributed by atoms with Crippen LogP contribution >= 0.6 is 0 Å². The number of aliphatic hydroxyl groups is 1. The smallest absolute Gasteiger partial charge is 0.346 e. The number of hydrogen-bond donors (Lipinski definition) is 1. The Bertz CT molecular complexity index is 317. The van der Waals surface area contributed by atoms with E-state index in [-0.39, 0.29) is 11.3 Å². The van der Waals surface area contributed by atoms with Gasteiger partial charge in [-0.3, -0.25) is 4.79 Å². The van der Waals surface area contributed by atoms with Crippen molar-refractivity contribution in [2.24, 2.45) is 0 Å². The second-order valence-corrected chi connectivity index (χ2v) is 4.06. The molecular formula is C12H18O4. The minimum absolute atomic E-state index is 0.180. The Hall–Kier alpha value is -1.32. The van der Waals surface area contributed by atoms with Crippen molar-refractivity contribution < 1.29 is 19.4 Å². The van der Waals surface area contributed by atoms with Crippen LogP contribution < -0.4 is 0 Å². The number of Topliss-reactive ketones (excluding diaryl/α,β-unsaturated/α-hetero) is 1. The van der Waals surface area contributed by atoms with Crippen molar-refractivity contribution in [3.05, 3.63) is 11.3 Å². The molecular weight excluding hydrogens is 208 g/mol. The predicted molar refractivity (Wildman–Crippen MR) is 59.0 cm³/mol. The predicted octanol–water partition coefficient (Wildman–Crippen LogP) is 2.28. The average Bonchev–Trinajstić information content (AvgIpc) is 2.49. The molecule has 1 rings (SSSR count). The van der Waals surface area contributed by atoms with Crippen LogP contribution in [0.4, 0.5) is 0 Å². The second kappa shape index (κ2) is 5.68. The monoisotopic (exact) mass is 226 g/mol. The lowest BCUT2D eigenvalue weighted by Crippen LogP contribution is -2.11. The van der Waals surface area contributed by atoms with Gasteiger partial charge in [-0.1, -0.05) is 26.2 Å². The Morgan fingerprint density at radius 3 is 2.56 bits per heavy atom. The van der Waals surface area contributed by atoms with Gasteiger partial charge < -0.3 is 9.84 Å². The van der Waals surface area contributed by atoms with Crippen molar-refractivity contribution in [2.75, 3.05) is 0 Å². The zero-order valence-electron chi connectivity index (χ0n) is 9.78. The molecule has 0 aliphatic carbocycles. The largest absolute Gasteiger partial charge is 0.507 e. The van der Waals surface area contributed by atoms with Crippen molar-refractivity contribution in [3.8, 4) is 0 Å². The molecule has 0 aromatic heterocycles. The van der Waals surface area contributed by atoms with Crippen molar-refractivity contribution in [2.45, 2.75) is 52.1 Å². The number of cyclic esters (lactones) is 1. The number of hydrogen-bond acceptors (Lipinski definition) is 4. The minimum atomic E-state index is -0.689. The third-order valence-electron chi connectivity index (χ3n) is 2.69. The molecule has 1 N–H and O–H groups in total. The van der Waals surface area contributed by atoms with Crippen LogP contribution in [0.2, 0.25) is 0 Å². The van der Waals surface area contributed by atoms with Gasteiger partial charge in [-0.15, -0.1) is 0 Å². The number of unbranched alkanes of at least 4 members (excludes halogenated alkanes) is 3. The molecule has 1 aliphatic rings. The molecule has 90 valence electrons. The molecule has 0 aromatic carbocycles. The van der Waals surface area contributed by atoms with E-state index in [9.17, 15) is 14.7 Å². The van der Waals surface area contributed by atoms with Gasteiger partial charge in [0.1, 0.15) is 5.57 Å². The number of carbonyl (C=O) groups is 2. The standard InChI is InChI=1S/C12H18O4/c1-3-4-5-6-7-9-11(14)10(8(2)13)12(15)16-9/h9,14H,3-7H2,1-2H3/t9-/m1/s1. The number of esters is 1. The molecule has 4 nitrogen and oxygen atoms in total. The Morgan fingerprint density at radius 1 is 1.38 bits per heavy atom. The maximum absolute atomic E-state index is 11.3. The molecule has 16 heavy (non-hydrogen) atoms. The number of rotatable bonds is 6. The highest BCUT2D eigenvalue weighted by atomic mass is 16.6. The SMILES string of the molecule is CCCCCC[C@H]1OC(=O)C(C(C)=O)=C1O. The lowest BCUT2D eigenvalue weighted by Gasteiger charge is -2.09. The van der Waals surface area contributed by atoms with Gasteiger partial charge in [0.25, 0.3) is 0 Å². The molecule has 0 unspecified atom stereocenters. The zero-order valence-corrected chi connectivity index (χ0v) is 9.78. The number of aliphatic hydroxyl groups excluding tert-OH is 1. The summed E-state index contributed by atoms with van der Waals surface area (Å²) in [7, 11) is 0. The van der Waals surface area contributed by atoms with Gasteiger partial charge in [0.15, 0.2) is 17.6 Å². The number of ketones is 1. The summed E-state index contributed by atoms with van der Waals surface area (Å²) in [5, 5.41) is 9.66. The van der Waals surface area contributed by atoms with Gasteiger partial charge in [0.05, 0.1) is 0 Å². The number of ether oxygens (including phenoxy) is 1. The van der Waals surface area contributed by atoms with Crippen LogP contribution in [0.5, 0.6) is 0 Å². The summed E-state index contributed by atoms with van der Waals surface area (Å²) in [6, 6.07) is 0. The topological polar surface area (TPSA) is 63.6 Å². The van der Waals surface area contributed by atoms with E-state index >= 15 is 0 Å². The molecule has 4 heteroatoms. The Kier molecular flexibility index (Phi) is 4.52. The summed E-state index contributed by atoms with van der Waals surface area (Å²) < 4.78 is 4.94. The molecule has 0 aromatic rings. The summed E-state index contributed by atoms with van der Waals surface area (Å²) in [5.74, 6) is -1.31. The Balaban J connectivity index is 2.52. The Labute approximate surface area is 95.3 Å². The molecule has 1 heterocycles. The Morgan fingerprint density at radius 2 is 2.06 bits per heavy atom. The highest BCUT2D eigenvalue weighted by Gasteiger charge is 2.36. The van der Waals surface area contributed by atoms with E-state index in [0.717, 1.165) is 25.7 Å². The normalized spacial score (nSPS) is 20.1. The van der Waals surface area contributed by atoms with E-state index in [1.807, 2.05) is 0 Å². The van der Waals surface area contributed by atoms with E-state index in [4.69, 9.17) is 4.74 Å². The van der Waals surface area contributed by atoms with Crippen LogP contribution in [0.15, 0.2) is 11.3 Å². The maximum Gasteiger partial charge on any atom is 0.346 e. The summed E-state index contributed by atoms with van der Waals surface area (Å²) >= 11 is 0. The van der Waals surface area contributed by atoms with Gasteiger partial charge in [-0.05, 0) is 19.8 Å². The molecule has 0 radical (unpaired) electrons. The van der Waals surface area contributed by atoms with E-state index in [2.05, 4.69) is 6.92 Å². The van der Waals surface area contributed by atoms with Crippen molar-refractivity contribution in [1.29, 1.82) is 0 Å². The molecule has 0 fully saturated rings. The molecule has 0 saturated carbocycles. The first-order valence-corrected chi connectivity index (χ1v) is 5.73. The molecule has 1 aliphatic heterocycles. The number of carbonyl (C=O) groups excluding carboxylic acids is 2. The zero-order chi connectivity index (χ0) is 12.1. The van der Waals surface area contributed by atoms with Crippen LogP contribution in [0.3, 0.4) is 0 Å². The minimum Gasteiger partial charge on any atom is -0.507 e. The van der Waals surface area contributed by atoms with Crippen molar-refractivity contribution in [3.63, 3.8) is 0 Å². The van der Waals surface area contributed by atoms with E-state index < -0.39 is 17.9 Å². The maximum atomic E-state index is 11.3. The molecule has 0 saturated heterocycles. The van der Waals surface area contributed by atoms with Gasteiger partial charge in [0, 0.05) is 0 Å². The summed E-state index contributed by atoms with van der Waals surface area (Å²) in [5.41, 5.74) is -0.180. The lowest BCUT2D eigenvalue weighted by atomic mass is 10.1. The summed E-state index contributed by atoms with van der Waals surface area (Å²) in [6.07, 6.45) is 4.18. The average molecular weight is 226 g/mol. The van der Waals surface area contributed by atoms with E-state index in [0.29, 0.717) is 6.42 Å². The van der Waals surface area contributed by atoms with Gasteiger partial charge in [0.2, 0.25) is 0 Å². The summed E-state index contributed by atoms with van der Waals surface area (Å²) in [6.45, 7) is 3.37.